The van der Waals surface area contributed by atoms with Crippen LogP contribution in [0.25, 0.3) is 11.2 Å². The van der Waals surface area contributed by atoms with Crippen LogP contribution in [-0.4, -0.2) is 23.7 Å². The van der Waals surface area contributed by atoms with Crippen molar-refractivity contribution >= 4 is 33.0 Å². The Labute approximate surface area is 174 Å². The van der Waals surface area contributed by atoms with Crippen LogP contribution in [0, 0.1) is 0 Å². The predicted molar refractivity (Wildman–Crippen MR) is 115 cm³/mol. The predicted octanol–water partition coefficient (Wildman–Crippen LogP) is 2.25. The number of aromatic nitrogens is 5. The van der Waals surface area contributed by atoms with Crippen LogP contribution in [-0.2, 0) is 27.2 Å². The summed E-state index contributed by atoms with van der Waals surface area (Å²) in [4.78, 5) is 34.0. The molecule has 148 valence electrons. The van der Waals surface area contributed by atoms with E-state index in [-0.39, 0.29) is 5.56 Å². The van der Waals surface area contributed by atoms with E-state index < -0.39 is 5.69 Å². The molecule has 0 aliphatic rings. The molecule has 0 amide bonds. The number of hydrogen-bond donors (Lipinski definition) is 1. The van der Waals surface area contributed by atoms with Gasteiger partial charge in [-0.05, 0) is 29.3 Å². The summed E-state index contributed by atoms with van der Waals surface area (Å²) in [6, 6.07) is 11.7. The molecule has 0 saturated carbocycles. The summed E-state index contributed by atoms with van der Waals surface area (Å²) >= 11 is 3.48. The van der Waals surface area contributed by atoms with E-state index in [4.69, 9.17) is 0 Å². The average Bonchev–Trinajstić information content (AvgIpc) is 3.08. The molecule has 1 aromatic carbocycles. The number of nitrogens with zero attached hydrogens (tertiary/aromatic N) is 5. The highest BCUT2D eigenvalue weighted by atomic mass is 79.9. The molecule has 29 heavy (non-hydrogen) atoms. The molecule has 0 spiro atoms. The lowest BCUT2D eigenvalue weighted by Gasteiger charge is -2.11. The zero-order chi connectivity index (χ0) is 20.5. The van der Waals surface area contributed by atoms with Gasteiger partial charge in [0, 0.05) is 37.5 Å². The first kappa shape index (κ1) is 19.1. The molecule has 3 aromatic heterocycles. The highest BCUT2D eigenvalue weighted by molar-refractivity contribution is 9.10. The summed E-state index contributed by atoms with van der Waals surface area (Å²) < 4.78 is 5.26. The zero-order valence-electron chi connectivity index (χ0n) is 16.0. The van der Waals surface area contributed by atoms with Gasteiger partial charge in [0.25, 0.3) is 5.56 Å². The van der Waals surface area contributed by atoms with Crippen LogP contribution in [0.4, 0.5) is 5.95 Å². The van der Waals surface area contributed by atoms with E-state index in [9.17, 15) is 9.59 Å². The van der Waals surface area contributed by atoms with E-state index in [1.54, 1.807) is 19.4 Å². The molecule has 0 fully saturated rings. The normalized spacial score (nSPS) is 11.1. The Morgan fingerprint density at radius 2 is 1.86 bits per heavy atom. The summed E-state index contributed by atoms with van der Waals surface area (Å²) in [5, 5.41) is 3.28. The minimum atomic E-state index is -0.409. The third-order valence-corrected chi connectivity index (χ3v) is 5.24. The van der Waals surface area contributed by atoms with Crippen molar-refractivity contribution in [2.75, 3.05) is 5.32 Å². The molecule has 0 saturated heterocycles. The second-order valence-corrected chi connectivity index (χ2v) is 7.66. The fourth-order valence-corrected chi connectivity index (χ4v) is 3.68. The van der Waals surface area contributed by atoms with Crippen molar-refractivity contribution in [3.05, 3.63) is 85.2 Å². The molecular formula is C20H19BrN6O2. The monoisotopic (exact) mass is 454 g/mol. The highest BCUT2D eigenvalue weighted by Gasteiger charge is 2.19. The number of halogens is 1. The summed E-state index contributed by atoms with van der Waals surface area (Å²) in [6.07, 6.45) is 3.48. The molecule has 0 atom stereocenters. The molecule has 4 aromatic rings. The largest absolute Gasteiger partial charge is 0.351 e. The third-order valence-electron chi connectivity index (χ3n) is 4.75. The molecule has 0 aliphatic carbocycles. The lowest BCUT2D eigenvalue weighted by atomic mass is 10.2. The number of benzene rings is 1. The van der Waals surface area contributed by atoms with E-state index in [1.165, 1.54) is 11.6 Å². The molecule has 1 N–H and O–H groups in total. The van der Waals surface area contributed by atoms with Crippen molar-refractivity contribution in [2.24, 2.45) is 14.1 Å². The maximum absolute atomic E-state index is 12.9. The maximum Gasteiger partial charge on any atom is 0.332 e. The van der Waals surface area contributed by atoms with Crippen molar-refractivity contribution in [3.63, 3.8) is 0 Å². The molecule has 0 aliphatic heterocycles. The van der Waals surface area contributed by atoms with Crippen LogP contribution in [0.2, 0.25) is 0 Å². The van der Waals surface area contributed by atoms with Gasteiger partial charge >= 0.3 is 5.69 Å². The lowest BCUT2D eigenvalue weighted by molar-refractivity contribution is 0.702. The van der Waals surface area contributed by atoms with Gasteiger partial charge in [-0.15, -0.1) is 0 Å². The molecule has 0 bridgehead atoms. The van der Waals surface area contributed by atoms with Crippen molar-refractivity contribution in [1.82, 2.24) is 23.7 Å². The van der Waals surface area contributed by atoms with Crippen LogP contribution in [0.3, 0.4) is 0 Å². The zero-order valence-corrected chi connectivity index (χ0v) is 17.5. The SMILES string of the molecule is Cn1c(=O)c2c(nc(NCc3cccnc3)n2Cc2cccc(Br)c2)n(C)c1=O. The standard InChI is InChI=1S/C20H19BrN6O2/c1-25-17-16(18(28)26(2)20(25)29)27(12-13-5-3-7-15(21)9-13)19(24-17)23-11-14-6-4-8-22-10-14/h3-10H,11-12H2,1-2H3,(H,23,24). The van der Waals surface area contributed by atoms with Gasteiger partial charge in [-0.2, -0.15) is 4.98 Å². The summed E-state index contributed by atoms with van der Waals surface area (Å²) in [5.41, 5.74) is 1.92. The van der Waals surface area contributed by atoms with Crippen LogP contribution in [0.1, 0.15) is 11.1 Å². The fourth-order valence-electron chi connectivity index (χ4n) is 3.24. The third kappa shape index (κ3) is 3.61. The number of imidazole rings is 1. The molecule has 0 unspecified atom stereocenters. The number of pyridine rings is 1. The number of nitrogens with one attached hydrogen (secondary N) is 1. The summed E-state index contributed by atoms with van der Waals surface area (Å²) in [5.74, 6) is 0.516. The van der Waals surface area contributed by atoms with Gasteiger partial charge in [0.2, 0.25) is 5.95 Å². The van der Waals surface area contributed by atoms with E-state index in [2.05, 4.69) is 31.2 Å². The molecule has 8 nitrogen and oxygen atoms in total. The van der Waals surface area contributed by atoms with E-state index in [0.29, 0.717) is 30.2 Å². The van der Waals surface area contributed by atoms with Gasteiger partial charge in [0.05, 0.1) is 6.54 Å². The van der Waals surface area contributed by atoms with Gasteiger partial charge in [0.15, 0.2) is 11.2 Å². The Kier molecular flexibility index (Phi) is 5.06. The first-order valence-corrected chi connectivity index (χ1v) is 9.78. The summed E-state index contributed by atoms with van der Waals surface area (Å²) in [7, 11) is 3.09. The minimum Gasteiger partial charge on any atom is -0.351 e. The maximum atomic E-state index is 12.9. The molecule has 4 rings (SSSR count). The fraction of sp³-hybridized carbons (Fsp3) is 0.200. The van der Waals surface area contributed by atoms with Crippen molar-refractivity contribution in [1.29, 1.82) is 0 Å². The second-order valence-electron chi connectivity index (χ2n) is 6.74. The number of fused-ring (bicyclic) bond motifs is 1. The second kappa shape index (κ2) is 7.67. The Morgan fingerprint density at radius 1 is 1.07 bits per heavy atom. The first-order valence-electron chi connectivity index (χ1n) is 8.99. The number of hydrogen-bond acceptors (Lipinski definition) is 5. The first-order chi connectivity index (χ1) is 14.0. The Morgan fingerprint density at radius 3 is 2.59 bits per heavy atom. The topological polar surface area (TPSA) is 86.7 Å². The molecule has 0 radical (unpaired) electrons. The quantitative estimate of drug-likeness (QED) is 0.499. The number of rotatable bonds is 5. The highest BCUT2D eigenvalue weighted by Crippen LogP contribution is 2.20. The average molecular weight is 455 g/mol. The smallest absolute Gasteiger partial charge is 0.332 e. The molecule has 9 heteroatoms. The Hall–Kier alpha value is -3.20. The van der Waals surface area contributed by atoms with Gasteiger partial charge < -0.3 is 5.32 Å². The van der Waals surface area contributed by atoms with Gasteiger partial charge in [-0.1, -0.05) is 34.1 Å². The Balaban J connectivity index is 1.86. The van der Waals surface area contributed by atoms with Crippen LogP contribution >= 0.6 is 15.9 Å². The van der Waals surface area contributed by atoms with E-state index in [0.717, 1.165) is 20.2 Å². The number of anilines is 1. The molecular weight excluding hydrogens is 436 g/mol. The lowest BCUT2D eigenvalue weighted by Crippen LogP contribution is -2.37. The van der Waals surface area contributed by atoms with Crippen molar-refractivity contribution in [2.45, 2.75) is 13.1 Å². The van der Waals surface area contributed by atoms with Crippen LogP contribution in [0.15, 0.2) is 62.9 Å². The number of aryl methyl sites for hydroxylation is 1. The van der Waals surface area contributed by atoms with Crippen LogP contribution in [0.5, 0.6) is 0 Å². The van der Waals surface area contributed by atoms with Crippen LogP contribution < -0.4 is 16.6 Å². The van der Waals surface area contributed by atoms with E-state index >= 15 is 0 Å². The minimum absolute atomic E-state index is 0.349. The van der Waals surface area contributed by atoms with Gasteiger partial charge in [-0.25, -0.2) is 4.79 Å². The van der Waals surface area contributed by atoms with E-state index in [1.807, 2.05) is 41.0 Å². The van der Waals surface area contributed by atoms with Crippen molar-refractivity contribution in [3.8, 4) is 0 Å². The van der Waals surface area contributed by atoms with Gasteiger partial charge in [-0.3, -0.25) is 23.5 Å². The molecule has 3 heterocycles. The van der Waals surface area contributed by atoms with Gasteiger partial charge in [0.1, 0.15) is 0 Å². The van der Waals surface area contributed by atoms with Crippen molar-refractivity contribution < 1.29 is 0 Å². The summed E-state index contributed by atoms with van der Waals surface area (Å²) in [6.45, 7) is 0.919. The Bertz CT molecular complexity index is 1310.